The molecule has 0 atom stereocenters. The fraction of sp³-hybridized carbons (Fsp3) is 0.375. The average Bonchev–Trinajstić information content (AvgIpc) is 3.11. The summed E-state index contributed by atoms with van der Waals surface area (Å²) in [6.45, 7) is 4.54. The molecule has 6 nitrogen and oxygen atoms in total. The molecule has 0 aliphatic heterocycles. The first-order valence-electron chi connectivity index (χ1n) is 7.75. The maximum absolute atomic E-state index is 12.0. The second-order valence-corrected chi connectivity index (χ2v) is 7.22. The normalized spacial score (nSPS) is 11.3. The third kappa shape index (κ3) is 3.73. The fourth-order valence-corrected chi connectivity index (χ4v) is 3.32. The van der Waals surface area contributed by atoms with Gasteiger partial charge in [0.05, 0.1) is 0 Å². The minimum atomic E-state index is -0.0232. The van der Waals surface area contributed by atoms with Crippen LogP contribution in [0.4, 0.5) is 0 Å². The Morgan fingerprint density at radius 1 is 1.33 bits per heavy atom. The molecular weight excluding hydrogens is 346 g/mol. The molecule has 3 rings (SSSR count). The van der Waals surface area contributed by atoms with Gasteiger partial charge >= 0.3 is 0 Å². The first-order valence-corrected chi connectivity index (χ1v) is 8.95. The van der Waals surface area contributed by atoms with Gasteiger partial charge in [0.1, 0.15) is 5.01 Å². The minimum absolute atomic E-state index is 0.0232. The van der Waals surface area contributed by atoms with Crippen molar-refractivity contribution < 1.29 is 4.79 Å². The van der Waals surface area contributed by atoms with Gasteiger partial charge in [-0.05, 0) is 11.6 Å². The lowest BCUT2D eigenvalue weighted by atomic mass is 10.2. The Bertz CT molecular complexity index is 857. The molecule has 126 valence electrons. The Hall–Kier alpha value is -1.99. The fourth-order valence-electron chi connectivity index (χ4n) is 2.28. The zero-order valence-electron chi connectivity index (χ0n) is 13.5. The number of nitrogens with one attached hydrogen (secondary N) is 1. The lowest BCUT2D eigenvalue weighted by Crippen LogP contribution is -2.23. The highest BCUT2D eigenvalue weighted by Crippen LogP contribution is 2.19. The van der Waals surface area contributed by atoms with Crippen molar-refractivity contribution in [3.05, 3.63) is 45.7 Å². The van der Waals surface area contributed by atoms with Crippen molar-refractivity contribution >= 4 is 33.8 Å². The van der Waals surface area contributed by atoms with Gasteiger partial charge in [-0.1, -0.05) is 55.0 Å². The Morgan fingerprint density at radius 3 is 2.88 bits per heavy atom. The van der Waals surface area contributed by atoms with Crippen molar-refractivity contribution in [2.75, 3.05) is 0 Å². The van der Waals surface area contributed by atoms with E-state index in [9.17, 15) is 4.79 Å². The van der Waals surface area contributed by atoms with Crippen molar-refractivity contribution in [2.24, 2.45) is 0 Å². The second-order valence-electron chi connectivity index (χ2n) is 5.77. The highest BCUT2D eigenvalue weighted by atomic mass is 35.5. The predicted molar refractivity (Wildman–Crippen MR) is 94.4 cm³/mol. The number of hydrogen-bond donors (Lipinski definition) is 1. The number of fused-ring (bicyclic) bond motifs is 1. The maximum Gasteiger partial charge on any atom is 0.234 e. The molecule has 3 aromatic rings. The van der Waals surface area contributed by atoms with Gasteiger partial charge in [0.25, 0.3) is 0 Å². The summed E-state index contributed by atoms with van der Waals surface area (Å²) in [7, 11) is 0. The van der Waals surface area contributed by atoms with Crippen LogP contribution < -0.4 is 5.32 Å². The number of aryl methyl sites for hydroxylation is 1. The number of carbonyl (C=O) groups is 1. The van der Waals surface area contributed by atoms with E-state index in [0.29, 0.717) is 24.4 Å². The molecule has 1 N–H and O–H groups in total. The number of carbonyl (C=O) groups excluding carboxylic acids is 1. The summed E-state index contributed by atoms with van der Waals surface area (Å²) in [4.78, 5) is 12.8. The molecule has 0 saturated carbocycles. The average molecular weight is 364 g/mol. The molecular formula is C16H18ClN5OS. The van der Waals surface area contributed by atoms with Crippen LogP contribution in [0.15, 0.2) is 24.3 Å². The monoisotopic (exact) mass is 363 g/mol. The van der Waals surface area contributed by atoms with E-state index in [-0.39, 0.29) is 11.8 Å². The molecule has 0 aliphatic carbocycles. The van der Waals surface area contributed by atoms with Crippen LogP contribution in [0.25, 0.3) is 4.96 Å². The van der Waals surface area contributed by atoms with Crippen molar-refractivity contribution in [3.8, 4) is 0 Å². The van der Waals surface area contributed by atoms with Crippen molar-refractivity contribution in [1.82, 2.24) is 25.1 Å². The Kier molecular flexibility index (Phi) is 5.11. The van der Waals surface area contributed by atoms with Gasteiger partial charge in [0.15, 0.2) is 5.82 Å². The van der Waals surface area contributed by atoms with E-state index >= 15 is 0 Å². The zero-order chi connectivity index (χ0) is 17.1. The lowest BCUT2D eigenvalue weighted by Gasteiger charge is -2.06. The molecule has 0 aliphatic rings. The van der Waals surface area contributed by atoms with Gasteiger partial charge < -0.3 is 5.32 Å². The van der Waals surface area contributed by atoms with Crippen LogP contribution in [-0.4, -0.2) is 25.7 Å². The number of halogens is 1. The molecule has 1 amide bonds. The summed E-state index contributed by atoms with van der Waals surface area (Å²) < 4.78 is 1.77. The molecule has 0 fully saturated rings. The van der Waals surface area contributed by atoms with E-state index in [1.165, 1.54) is 11.3 Å². The van der Waals surface area contributed by atoms with Crippen LogP contribution in [0.3, 0.4) is 0 Å². The number of amides is 1. The van der Waals surface area contributed by atoms with Crippen LogP contribution in [0.2, 0.25) is 5.02 Å². The third-order valence-electron chi connectivity index (χ3n) is 3.57. The van der Waals surface area contributed by atoms with Crippen LogP contribution in [0, 0.1) is 0 Å². The number of benzene rings is 1. The summed E-state index contributed by atoms with van der Waals surface area (Å²) in [5.74, 6) is 1.08. The molecule has 0 bridgehead atoms. The summed E-state index contributed by atoms with van der Waals surface area (Å²) in [6, 6.07) is 7.49. The van der Waals surface area contributed by atoms with Gasteiger partial charge in [-0.15, -0.1) is 10.2 Å². The zero-order valence-corrected chi connectivity index (χ0v) is 15.1. The molecule has 2 aromatic heterocycles. The first-order chi connectivity index (χ1) is 11.5. The highest BCUT2D eigenvalue weighted by Gasteiger charge is 2.14. The Morgan fingerprint density at radius 2 is 2.12 bits per heavy atom. The van der Waals surface area contributed by atoms with E-state index in [4.69, 9.17) is 11.6 Å². The Labute approximate surface area is 148 Å². The van der Waals surface area contributed by atoms with Gasteiger partial charge in [0, 0.05) is 30.3 Å². The molecule has 1 aromatic carbocycles. The standard InChI is InChI=1S/C16H18ClN5OS/c1-10(2)15-19-20-16-22(15)21-14(24-16)8-7-13(23)18-9-11-5-3-4-6-12(11)17/h3-6,10H,7-9H2,1-2H3,(H,18,23). The molecule has 0 saturated heterocycles. The molecule has 0 radical (unpaired) electrons. The third-order valence-corrected chi connectivity index (χ3v) is 4.90. The molecule has 0 unspecified atom stereocenters. The van der Waals surface area contributed by atoms with E-state index in [1.807, 2.05) is 24.3 Å². The number of rotatable bonds is 6. The topological polar surface area (TPSA) is 72.2 Å². The lowest BCUT2D eigenvalue weighted by molar-refractivity contribution is -0.121. The van der Waals surface area contributed by atoms with Crippen molar-refractivity contribution in [2.45, 2.75) is 39.2 Å². The Balaban J connectivity index is 1.55. The SMILES string of the molecule is CC(C)c1nnc2sc(CCC(=O)NCc3ccccc3Cl)nn12. The smallest absolute Gasteiger partial charge is 0.234 e. The largest absolute Gasteiger partial charge is 0.352 e. The number of aromatic nitrogens is 4. The highest BCUT2D eigenvalue weighted by molar-refractivity contribution is 7.16. The van der Waals surface area contributed by atoms with E-state index in [0.717, 1.165) is 21.4 Å². The van der Waals surface area contributed by atoms with E-state index < -0.39 is 0 Å². The molecule has 8 heteroatoms. The summed E-state index contributed by atoms with van der Waals surface area (Å²) in [5.41, 5.74) is 0.910. The number of nitrogens with zero attached hydrogens (tertiary/aromatic N) is 4. The summed E-state index contributed by atoms with van der Waals surface area (Å²) in [6.07, 6.45) is 0.964. The second kappa shape index (κ2) is 7.27. The summed E-state index contributed by atoms with van der Waals surface area (Å²) >= 11 is 7.55. The quantitative estimate of drug-likeness (QED) is 0.729. The van der Waals surface area contributed by atoms with Gasteiger partial charge in [0.2, 0.25) is 10.9 Å². The summed E-state index contributed by atoms with van der Waals surface area (Å²) in [5, 5.41) is 17.2. The number of hydrogen-bond acceptors (Lipinski definition) is 5. The van der Waals surface area contributed by atoms with Crippen molar-refractivity contribution in [3.63, 3.8) is 0 Å². The van der Waals surface area contributed by atoms with Gasteiger partial charge in [-0.3, -0.25) is 4.79 Å². The van der Waals surface area contributed by atoms with Gasteiger partial charge in [-0.25, -0.2) is 0 Å². The minimum Gasteiger partial charge on any atom is -0.352 e. The predicted octanol–water partition coefficient (Wildman–Crippen LogP) is 3.21. The van der Waals surface area contributed by atoms with E-state index in [2.05, 4.69) is 34.5 Å². The van der Waals surface area contributed by atoms with Crippen LogP contribution in [-0.2, 0) is 17.8 Å². The molecule has 0 spiro atoms. The van der Waals surface area contributed by atoms with E-state index in [1.54, 1.807) is 4.52 Å². The van der Waals surface area contributed by atoms with Crippen LogP contribution in [0.5, 0.6) is 0 Å². The first kappa shape index (κ1) is 16.9. The van der Waals surface area contributed by atoms with Gasteiger partial charge in [-0.2, -0.15) is 9.61 Å². The maximum atomic E-state index is 12.0. The van der Waals surface area contributed by atoms with Crippen molar-refractivity contribution in [1.29, 1.82) is 0 Å². The molecule has 2 heterocycles. The van der Waals surface area contributed by atoms with Crippen LogP contribution in [0.1, 0.15) is 42.6 Å². The van der Waals surface area contributed by atoms with Crippen LogP contribution >= 0.6 is 22.9 Å². The molecule has 24 heavy (non-hydrogen) atoms.